The summed E-state index contributed by atoms with van der Waals surface area (Å²) < 4.78 is 0. The molecular weight excluding hydrogens is 480 g/mol. The molecule has 0 fully saturated rings. The Morgan fingerprint density at radius 2 is 0.675 bits per heavy atom. The van der Waals surface area contributed by atoms with E-state index >= 15 is 0 Å². The predicted molar refractivity (Wildman–Crippen MR) is 169 cm³/mol. The zero-order chi connectivity index (χ0) is 27.0. The van der Waals surface area contributed by atoms with E-state index < -0.39 is 0 Å². The van der Waals surface area contributed by atoms with Crippen LogP contribution in [0.4, 0.5) is 0 Å². The first kappa shape index (κ1) is 25.0. The van der Waals surface area contributed by atoms with Gasteiger partial charge in [-0.2, -0.15) is 0 Å². The highest BCUT2D eigenvalue weighted by atomic mass is 14.2. The minimum atomic E-state index is 0.631. The minimum absolute atomic E-state index is 0.631. The molecule has 0 amide bonds. The third-order valence-electron chi connectivity index (χ3n) is 7.10. The van der Waals surface area contributed by atoms with Crippen LogP contribution >= 0.6 is 0 Å². The summed E-state index contributed by atoms with van der Waals surface area (Å²) in [7, 11) is 0. The van der Waals surface area contributed by atoms with Crippen LogP contribution in [0.15, 0.2) is 146 Å². The highest BCUT2D eigenvalue weighted by Crippen LogP contribution is 2.42. The molecule has 0 saturated carbocycles. The van der Waals surface area contributed by atoms with Gasteiger partial charge in [-0.15, -0.1) is 0 Å². The number of fused-ring (bicyclic) bond motifs is 1. The summed E-state index contributed by atoms with van der Waals surface area (Å²) in [4.78, 5) is 0. The fourth-order valence-electron chi connectivity index (χ4n) is 5.32. The smallest absolute Gasteiger partial charge is 0.0353 e. The molecule has 40 heavy (non-hydrogen) atoms. The number of rotatable bonds is 4. The van der Waals surface area contributed by atoms with Gasteiger partial charge in [0.25, 0.3) is 0 Å². The lowest BCUT2D eigenvalue weighted by Gasteiger charge is -2.21. The van der Waals surface area contributed by atoms with E-state index in [2.05, 4.69) is 133 Å². The van der Waals surface area contributed by atoms with Crippen molar-refractivity contribution in [2.45, 2.75) is 12.8 Å². The van der Waals surface area contributed by atoms with Crippen molar-refractivity contribution in [1.82, 2.24) is 0 Å². The Morgan fingerprint density at radius 1 is 0.350 bits per heavy atom. The lowest BCUT2D eigenvalue weighted by atomic mass is 9.81. The molecule has 0 nitrogen and oxygen atoms in total. The van der Waals surface area contributed by atoms with Crippen LogP contribution in [0.3, 0.4) is 0 Å². The summed E-state index contributed by atoms with van der Waals surface area (Å²) in [6, 6.07) is 50.6. The standard InChI is InChI=1S/C40H28/c1-5-17-31(18-6-1)21-15-29-37-38(30-16-22-32-19-7-2-8-20-32)40(34-25-11-4-12-26-34)36-28-14-13-27-35(36)39(37)33-23-9-3-10-24-33/h1-14,17-20,23-28H,29-30H2. The summed E-state index contributed by atoms with van der Waals surface area (Å²) in [6.07, 6.45) is 1.26. The normalized spacial score (nSPS) is 10.3. The molecule has 0 N–H and O–H groups in total. The number of benzene rings is 6. The van der Waals surface area contributed by atoms with Gasteiger partial charge in [0, 0.05) is 24.0 Å². The molecule has 0 heteroatoms. The molecule has 0 saturated heterocycles. The molecule has 0 bridgehead atoms. The van der Waals surface area contributed by atoms with Gasteiger partial charge in [0.1, 0.15) is 0 Å². The molecule has 0 aliphatic rings. The molecule has 188 valence electrons. The monoisotopic (exact) mass is 508 g/mol. The Balaban J connectivity index is 1.63. The summed E-state index contributed by atoms with van der Waals surface area (Å²) in [5, 5.41) is 2.48. The Morgan fingerprint density at radius 3 is 1.05 bits per heavy atom. The lowest BCUT2D eigenvalue weighted by Crippen LogP contribution is -2.02. The van der Waals surface area contributed by atoms with Gasteiger partial charge in [-0.05, 0) is 68.4 Å². The van der Waals surface area contributed by atoms with Gasteiger partial charge >= 0.3 is 0 Å². The number of hydrogen-bond donors (Lipinski definition) is 0. The maximum atomic E-state index is 3.52. The Hall–Kier alpha value is -5.30. The number of hydrogen-bond acceptors (Lipinski definition) is 0. The highest BCUT2D eigenvalue weighted by Gasteiger charge is 2.20. The van der Waals surface area contributed by atoms with Crippen LogP contribution in [-0.2, 0) is 12.8 Å². The Bertz CT molecular complexity index is 1720. The van der Waals surface area contributed by atoms with Crippen LogP contribution < -0.4 is 0 Å². The van der Waals surface area contributed by atoms with E-state index in [1.165, 1.54) is 44.2 Å². The van der Waals surface area contributed by atoms with E-state index in [4.69, 9.17) is 0 Å². The van der Waals surface area contributed by atoms with Crippen molar-refractivity contribution in [1.29, 1.82) is 0 Å². The van der Waals surface area contributed by atoms with Gasteiger partial charge < -0.3 is 0 Å². The van der Waals surface area contributed by atoms with Crippen molar-refractivity contribution >= 4 is 10.8 Å². The zero-order valence-corrected chi connectivity index (χ0v) is 22.3. The van der Waals surface area contributed by atoms with Crippen molar-refractivity contribution < 1.29 is 0 Å². The summed E-state index contributed by atoms with van der Waals surface area (Å²) in [6.45, 7) is 0. The maximum Gasteiger partial charge on any atom is 0.0353 e. The molecule has 0 spiro atoms. The van der Waals surface area contributed by atoms with E-state index in [1.807, 2.05) is 36.4 Å². The molecule has 0 heterocycles. The molecule has 6 aromatic rings. The molecule has 0 aliphatic heterocycles. The van der Waals surface area contributed by atoms with Crippen molar-refractivity contribution in [3.05, 3.63) is 168 Å². The summed E-state index contributed by atoms with van der Waals surface area (Å²) in [5.41, 5.74) is 9.43. The van der Waals surface area contributed by atoms with E-state index in [-0.39, 0.29) is 0 Å². The maximum absolute atomic E-state index is 3.52. The van der Waals surface area contributed by atoms with Gasteiger partial charge in [0.15, 0.2) is 0 Å². The summed E-state index contributed by atoms with van der Waals surface area (Å²) in [5.74, 6) is 13.8. The fourth-order valence-corrected chi connectivity index (χ4v) is 5.32. The highest BCUT2D eigenvalue weighted by molar-refractivity contribution is 6.08. The van der Waals surface area contributed by atoms with E-state index in [0.29, 0.717) is 12.8 Å². The molecule has 0 unspecified atom stereocenters. The second kappa shape index (κ2) is 12.0. The molecule has 6 aromatic carbocycles. The first-order valence-corrected chi connectivity index (χ1v) is 13.6. The second-order valence-electron chi connectivity index (χ2n) is 9.67. The molecular formula is C40H28. The van der Waals surface area contributed by atoms with Crippen LogP contribution in [0.2, 0.25) is 0 Å². The van der Waals surface area contributed by atoms with Crippen molar-refractivity contribution in [2.24, 2.45) is 0 Å². The molecule has 6 rings (SSSR count). The van der Waals surface area contributed by atoms with Gasteiger partial charge in [-0.1, -0.05) is 145 Å². The Kier molecular flexibility index (Phi) is 7.53. The third kappa shape index (κ3) is 5.44. The van der Waals surface area contributed by atoms with Gasteiger partial charge in [-0.3, -0.25) is 0 Å². The van der Waals surface area contributed by atoms with Crippen LogP contribution in [-0.4, -0.2) is 0 Å². The quantitative estimate of drug-likeness (QED) is 0.208. The van der Waals surface area contributed by atoms with Crippen molar-refractivity contribution in [2.75, 3.05) is 0 Å². The fraction of sp³-hybridized carbons (Fsp3) is 0.0500. The molecule has 0 radical (unpaired) electrons. The SMILES string of the molecule is C(#Cc1ccccc1)Cc1c(CC#Cc2ccccc2)c(-c2ccccc2)c2ccccc2c1-c1ccccc1. The first-order chi connectivity index (χ1) is 19.9. The molecule has 0 aliphatic carbocycles. The van der Waals surface area contributed by atoms with E-state index in [1.54, 1.807) is 0 Å². The molecule has 0 atom stereocenters. The second-order valence-corrected chi connectivity index (χ2v) is 9.67. The minimum Gasteiger partial charge on any atom is -0.0931 e. The average molecular weight is 509 g/mol. The first-order valence-electron chi connectivity index (χ1n) is 13.6. The Labute approximate surface area is 237 Å². The van der Waals surface area contributed by atoms with Gasteiger partial charge in [0.2, 0.25) is 0 Å². The molecule has 0 aromatic heterocycles. The van der Waals surface area contributed by atoms with Crippen LogP contribution in [0, 0.1) is 23.7 Å². The third-order valence-corrected chi connectivity index (χ3v) is 7.10. The van der Waals surface area contributed by atoms with Crippen LogP contribution in [0.1, 0.15) is 22.3 Å². The van der Waals surface area contributed by atoms with E-state index in [0.717, 1.165) is 11.1 Å². The topological polar surface area (TPSA) is 0 Å². The van der Waals surface area contributed by atoms with Gasteiger partial charge in [0.05, 0.1) is 0 Å². The predicted octanol–water partition coefficient (Wildman–Crippen LogP) is 9.36. The van der Waals surface area contributed by atoms with Gasteiger partial charge in [-0.25, -0.2) is 0 Å². The van der Waals surface area contributed by atoms with Crippen LogP contribution in [0.5, 0.6) is 0 Å². The average Bonchev–Trinajstić information content (AvgIpc) is 3.03. The lowest BCUT2D eigenvalue weighted by molar-refractivity contribution is 1.20. The van der Waals surface area contributed by atoms with Crippen LogP contribution in [0.25, 0.3) is 33.0 Å². The van der Waals surface area contributed by atoms with Crippen molar-refractivity contribution in [3.63, 3.8) is 0 Å². The van der Waals surface area contributed by atoms with Crippen molar-refractivity contribution in [3.8, 4) is 45.9 Å². The van der Waals surface area contributed by atoms with E-state index in [9.17, 15) is 0 Å². The zero-order valence-electron chi connectivity index (χ0n) is 22.3. The largest absolute Gasteiger partial charge is 0.0931 e. The summed E-state index contributed by atoms with van der Waals surface area (Å²) >= 11 is 0.